The smallest absolute Gasteiger partial charge is 0.231 e. The second kappa shape index (κ2) is 9.50. The van der Waals surface area contributed by atoms with E-state index in [9.17, 15) is 4.39 Å². The topological polar surface area (TPSA) is 73.6 Å². The molecule has 0 unspecified atom stereocenters. The summed E-state index contributed by atoms with van der Waals surface area (Å²) in [6.45, 7) is 0.567. The zero-order valence-electron chi connectivity index (χ0n) is 18.4. The summed E-state index contributed by atoms with van der Waals surface area (Å²) in [4.78, 5) is 0.708. The highest BCUT2D eigenvalue weighted by atomic mass is 35.5. The fourth-order valence-electron chi connectivity index (χ4n) is 3.75. The molecule has 2 aliphatic rings. The van der Waals surface area contributed by atoms with Gasteiger partial charge in [-0.05, 0) is 59.8 Å². The largest absolute Gasteiger partial charge is 0.454 e. The first kappa shape index (κ1) is 22.9. The summed E-state index contributed by atoms with van der Waals surface area (Å²) in [5.74, 6) is 1.33. The van der Waals surface area contributed by atoms with Crippen molar-refractivity contribution in [1.29, 1.82) is 0 Å². The van der Waals surface area contributed by atoms with Crippen molar-refractivity contribution in [3.05, 3.63) is 98.4 Å². The van der Waals surface area contributed by atoms with E-state index in [4.69, 9.17) is 37.8 Å². The van der Waals surface area contributed by atoms with Gasteiger partial charge in [-0.1, -0.05) is 47.5 Å². The van der Waals surface area contributed by atoms with Gasteiger partial charge in [0.25, 0.3) is 0 Å². The number of rotatable bonds is 5. The molecule has 0 saturated carbocycles. The maximum atomic E-state index is 14.5. The third-order valence-corrected chi connectivity index (χ3v) is 7.07. The molecular weight excluding hydrogens is 524 g/mol. The molecule has 0 atom stereocenters. The highest BCUT2D eigenvalue weighted by Gasteiger charge is 2.27. The number of benzene rings is 3. The minimum absolute atomic E-state index is 0.0631. The van der Waals surface area contributed by atoms with E-state index >= 15 is 0 Å². The monoisotopic (exact) mass is 539 g/mol. The van der Waals surface area contributed by atoms with Crippen LogP contribution in [0.15, 0.2) is 75.8 Å². The van der Waals surface area contributed by atoms with E-state index in [2.05, 4.69) is 15.5 Å². The molecule has 0 aliphatic carbocycles. The van der Waals surface area contributed by atoms with Gasteiger partial charge in [0.15, 0.2) is 17.3 Å². The van der Waals surface area contributed by atoms with Gasteiger partial charge in [-0.25, -0.2) is 4.39 Å². The number of hydrogen-bond donors (Lipinski definition) is 1. The van der Waals surface area contributed by atoms with Crippen LogP contribution < -0.4 is 14.8 Å². The van der Waals surface area contributed by atoms with E-state index in [1.807, 2.05) is 54.6 Å². The van der Waals surface area contributed by atoms with Crippen molar-refractivity contribution in [3.8, 4) is 11.5 Å². The van der Waals surface area contributed by atoms with E-state index in [1.165, 1.54) is 23.9 Å². The molecule has 36 heavy (non-hydrogen) atoms. The molecule has 3 heterocycles. The Hall–Kier alpha value is -3.53. The number of ether oxygens (including phenoxy) is 2. The molecule has 11 heteroatoms. The molecule has 0 bridgehead atoms. The number of anilines is 1. The molecule has 0 saturated heterocycles. The van der Waals surface area contributed by atoms with E-state index in [0.29, 0.717) is 45.2 Å². The number of hydrogen-bond acceptors (Lipinski definition) is 7. The molecule has 6 rings (SSSR count). The van der Waals surface area contributed by atoms with Crippen LogP contribution in [-0.4, -0.2) is 27.4 Å². The van der Waals surface area contributed by atoms with Crippen molar-refractivity contribution in [2.45, 2.75) is 11.7 Å². The first-order valence-corrected chi connectivity index (χ1v) is 12.4. The minimum Gasteiger partial charge on any atom is -0.454 e. The Morgan fingerprint density at radius 1 is 1.00 bits per heavy atom. The molecule has 2 aliphatic heterocycles. The van der Waals surface area contributed by atoms with Gasteiger partial charge < -0.3 is 14.8 Å². The van der Waals surface area contributed by atoms with Gasteiger partial charge >= 0.3 is 0 Å². The number of nitrogens with one attached hydrogen (secondary N) is 1. The number of halogens is 3. The molecule has 0 fully saturated rings. The summed E-state index contributed by atoms with van der Waals surface area (Å²) in [6.07, 6.45) is 1.91. The highest BCUT2D eigenvalue weighted by molar-refractivity contribution is 8.04. The summed E-state index contributed by atoms with van der Waals surface area (Å²) in [5.41, 5.74) is 2.65. The van der Waals surface area contributed by atoms with Crippen molar-refractivity contribution in [3.63, 3.8) is 0 Å². The van der Waals surface area contributed by atoms with Crippen molar-refractivity contribution in [2.24, 2.45) is 5.10 Å². The Labute approximate surface area is 219 Å². The molecule has 4 aromatic rings. The summed E-state index contributed by atoms with van der Waals surface area (Å²) < 4.78 is 27.0. The van der Waals surface area contributed by atoms with E-state index in [1.54, 1.807) is 4.68 Å². The molecule has 180 valence electrons. The van der Waals surface area contributed by atoms with Gasteiger partial charge in [-0.2, -0.15) is 9.78 Å². The third-order valence-electron chi connectivity index (χ3n) is 5.50. The molecule has 1 N–H and O–H groups in total. The Balaban J connectivity index is 1.42. The lowest BCUT2D eigenvalue weighted by atomic mass is 10.1. The Morgan fingerprint density at radius 3 is 2.69 bits per heavy atom. The third kappa shape index (κ3) is 4.41. The number of allylic oxidation sites excluding steroid dienone is 1. The Kier molecular flexibility index (Phi) is 6.04. The molecular formula is C25H16Cl2FN5O2S. The number of thioether (sulfide) groups is 1. The van der Waals surface area contributed by atoms with Crippen LogP contribution in [0.4, 0.5) is 10.1 Å². The maximum Gasteiger partial charge on any atom is 0.231 e. The van der Waals surface area contributed by atoms with E-state index in [0.717, 1.165) is 11.3 Å². The first-order chi connectivity index (χ1) is 17.5. The fraction of sp³-hybridized carbons (Fsp3) is 0.0800. The SMILES string of the molecule is Fc1cc(C2=Nn3c(CNc4ccccc4)nnc3S/C2=C\c2ccc3c(c2)OCO3)c(Cl)cc1Cl. The number of para-hydroxylation sites is 1. The van der Waals surface area contributed by atoms with Crippen molar-refractivity contribution in [2.75, 3.05) is 12.1 Å². The predicted octanol–water partition coefficient (Wildman–Crippen LogP) is 6.46. The number of aromatic nitrogens is 3. The van der Waals surface area contributed by atoms with Gasteiger partial charge in [0.1, 0.15) is 11.5 Å². The quantitative estimate of drug-likeness (QED) is 0.293. The molecule has 1 aromatic heterocycles. The van der Waals surface area contributed by atoms with Crippen LogP contribution in [0, 0.1) is 5.82 Å². The number of fused-ring (bicyclic) bond motifs is 2. The van der Waals surface area contributed by atoms with Gasteiger partial charge in [0.2, 0.25) is 11.9 Å². The highest BCUT2D eigenvalue weighted by Crippen LogP contribution is 2.39. The molecule has 3 aromatic carbocycles. The number of nitrogens with zero attached hydrogens (tertiary/aromatic N) is 4. The Morgan fingerprint density at radius 2 is 1.83 bits per heavy atom. The average Bonchev–Trinajstić information content (AvgIpc) is 3.51. The fourth-order valence-corrected chi connectivity index (χ4v) is 5.17. The maximum absolute atomic E-state index is 14.5. The zero-order chi connectivity index (χ0) is 24.6. The van der Waals surface area contributed by atoms with Crippen LogP contribution in [0.2, 0.25) is 10.0 Å². The van der Waals surface area contributed by atoms with Crippen LogP contribution in [0.25, 0.3) is 6.08 Å². The molecule has 0 spiro atoms. The van der Waals surface area contributed by atoms with Gasteiger partial charge in [0.05, 0.1) is 16.6 Å². The molecule has 7 nitrogen and oxygen atoms in total. The summed E-state index contributed by atoms with van der Waals surface area (Å²) in [5, 5.41) is 17.5. The zero-order valence-corrected chi connectivity index (χ0v) is 20.7. The van der Waals surface area contributed by atoms with Crippen LogP contribution in [-0.2, 0) is 6.54 Å². The first-order valence-electron chi connectivity index (χ1n) is 10.8. The lowest BCUT2D eigenvalue weighted by Gasteiger charge is -2.18. The van der Waals surface area contributed by atoms with Crippen LogP contribution in [0.3, 0.4) is 0 Å². The summed E-state index contributed by atoms with van der Waals surface area (Å²) in [7, 11) is 0. The second-order valence-corrected chi connectivity index (χ2v) is 9.67. The van der Waals surface area contributed by atoms with Gasteiger partial charge in [-0.15, -0.1) is 10.2 Å². The lowest BCUT2D eigenvalue weighted by Crippen LogP contribution is -2.15. The summed E-state index contributed by atoms with van der Waals surface area (Å²) in [6, 6.07) is 18.0. The van der Waals surface area contributed by atoms with Crippen molar-refractivity contribution < 1.29 is 13.9 Å². The van der Waals surface area contributed by atoms with Crippen molar-refractivity contribution in [1.82, 2.24) is 14.9 Å². The standard InChI is InChI=1S/C25H16Cl2FN5O2S/c26-17-11-18(27)19(28)10-16(17)24-22(9-14-6-7-20-21(8-14)35-13-34-20)36-25-31-30-23(33(25)32-24)12-29-15-4-2-1-3-5-15/h1-11,29H,12-13H2/b22-9-. The average molecular weight is 540 g/mol. The van der Waals surface area contributed by atoms with Crippen LogP contribution >= 0.6 is 35.0 Å². The van der Waals surface area contributed by atoms with Gasteiger partial charge in [-0.3, -0.25) is 0 Å². The van der Waals surface area contributed by atoms with Gasteiger partial charge in [0, 0.05) is 16.2 Å². The summed E-state index contributed by atoms with van der Waals surface area (Å²) >= 11 is 13.8. The predicted molar refractivity (Wildman–Crippen MR) is 139 cm³/mol. The normalized spacial score (nSPS) is 15.1. The molecule has 0 amide bonds. The lowest BCUT2D eigenvalue weighted by molar-refractivity contribution is 0.174. The van der Waals surface area contributed by atoms with E-state index in [-0.39, 0.29) is 16.8 Å². The van der Waals surface area contributed by atoms with Crippen LogP contribution in [0.1, 0.15) is 17.0 Å². The minimum atomic E-state index is -0.591. The second-order valence-electron chi connectivity index (χ2n) is 7.85. The van der Waals surface area contributed by atoms with Crippen LogP contribution in [0.5, 0.6) is 11.5 Å². The van der Waals surface area contributed by atoms with Crippen molar-refractivity contribution >= 4 is 52.4 Å². The Bertz CT molecular complexity index is 1540. The van der Waals surface area contributed by atoms with E-state index < -0.39 is 5.82 Å². The molecule has 0 radical (unpaired) electrons.